The van der Waals surface area contributed by atoms with Crippen molar-refractivity contribution in [3.05, 3.63) is 69.4 Å². The summed E-state index contributed by atoms with van der Waals surface area (Å²) in [5.74, 6) is 0.838. The Hall–Kier alpha value is -2.67. The molecule has 0 aliphatic rings. The molecule has 0 radical (unpaired) electrons. The third-order valence-corrected chi connectivity index (χ3v) is 5.74. The van der Waals surface area contributed by atoms with Crippen molar-refractivity contribution < 1.29 is 0 Å². The van der Waals surface area contributed by atoms with Crippen LogP contribution < -0.4 is 10.6 Å². The van der Waals surface area contributed by atoms with Crippen LogP contribution in [0.1, 0.15) is 40.6 Å². The van der Waals surface area contributed by atoms with Crippen LogP contribution in [0.4, 0.5) is 0 Å². The maximum absolute atomic E-state index is 4.79. The smallest absolute Gasteiger partial charge is 0.191 e. The van der Waals surface area contributed by atoms with Crippen LogP contribution in [0.25, 0.3) is 0 Å². The first-order valence-corrected chi connectivity index (χ1v) is 11.0. The number of benzene rings is 1. The van der Waals surface area contributed by atoms with Gasteiger partial charge in [-0.2, -0.15) is 5.10 Å². The lowest BCUT2D eigenvalue weighted by Gasteiger charge is -2.12. The quantitative estimate of drug-likeness (QED) is 0.418. The van der Waals surface area contributed by atoms with Gasteiger partial charge in [0.2, 0.25) is 0 Å². The zero-order valence-electron chi connectivity index (χ0n) is 17.5. The first-order valence-electron chi connectivity index (χ1n) is 10.2. The predicted octanol–water partition coefficient (Wildman–Crippen LogP) is 3.56. The van der Waals surface area contributed by atoms with Gasteiger partial charge < -0.3 is 10.6 Å². The van der Waals surface area contributed by atoms with Crippen LogP contribution in [-0.4, -0.2) is 33.8 Å². The first kappa shape index (κ1) is 21.0. The van der Waals surface area contributed by atoms with E-state index in [9.17, 15) is 0 Å². The minimum Gasteiger partial charge on any atom is -0.357 e. The van der Waals surface area contributed by atoms with E-state index in [-0.39, 0.29) is 0 Å². The van der Waals surface area contributed by atoms with Crippen molar-refractivity contribution in [2.75, 3.05) is 13.1 Å². The van der Waals surface area contributed by atoms with E-state index in [1.165, 1.54) is 26.7 Å². The molecule has 0 spiro atoms. The highest BCUT2D eigenvalue weighted by Crippen LogP contribution is 2.18. The van der Waals surface area contributed by atoms with Crippen molar-refractivity contribution in [3.63, 3.8) is 0 Å². The van der Waals surface area contributed by atoms with E-state index in [0.29, 0.717) is 6.54 Å². The minimum absolute atomic E-state index is 0.628. The molecule has 1 aromatic carbocycles. The van der Waals surface area contributed by atoms with Crippen LogP contribution >= 0.6 is 11.3 Å². The van der Waals surface area contributed by atoms with E-state index in [2.05, 4.69) is 60.8 Å². The first-order chi connectivity index (χ1) is 14.2. The monoisotopic (exact) mass is 410 g/mol. The van der Waals surface area contributed by atoms with Crippen LogP contribution in [0.5, 0.6) is 0 Å². The third-order valence-electron chi connectivity index (χ3n) is 4.66. The summed E-state index contributed by atoms with van der Waals surface area (Å²) in [5, 5.41) is 12.3. The highest BCUT2D eigenvalue weighted by atomic mass is 32.1. The minimum atomic E-state index is 0.628. The number of aromatic nitrogens is 3. The fourth-order valence-corrected chi connectivity index (χ4v) is 4.17. The molecular formula is C22H30N6S. The predicted molar refractivity (Wildman–Crippen MR) is 121 cm³/mol. The normalized spacial score (nSPS) is 11.6. The van der Waals surface area contributed by atoms with Gasteiger partial charge in [-0.25, -0.2) is 9.98 Å². The summed E-state index contributed by atoms with van der Waals surface area (Å²) in [6, 6.07) is 10.4. The van der Waals surface area contributed by atoms with E-state index in [0.717, 1.165) is 38.4 Å². The molecule has 2 N–H and O–H groups in total. The van der Waals surface area contributed by atoms with E-state index in [1.807, 2.05) is 16.9 Å². The lowest BCUT2D eigenvalue weighted by molar-refractivity contribution is 0.680. The Labute approximate surface area is 177 Å². The molecule has 0 aliphatic carbocycles. The zero-order chi connectivity index (χ0) is 20.5. The number of rotatable bonds is 9. The van der Waals surface area contributed by atoms with Crippen LogP contribution in [-0.2, 0) is 25.9 Å². The molecule has 0 aliphatic heterocycles. The molecule has 0 saturated heterocycles. The molecule has 0 saturated carbocycles. The molecule has 29 heavy (non-hydrogen) atoms. The number of aliphatic imine (C=N–C) groups is 1. The van der Waals surface area contributed by atoms with Gasteiger partial charge in [-0.05, 0) is 37.5 Å². The SMILES string of the molecule is CCNC(=NCc1ccccc1Cn1cccn1)NCCc1nc(CC)c(C)s1. The van der Waals surface area contributed by atoms with Crippen molar-refractivity contribution in [1.82, 2.24) is 25.4 Å². The Morgan fingerprint density at radius 1 is 1.14 bits per heavy atom. The molecular weight excluding hydrogens is 380 g/mol. The second kappa shape index (κ2) is 10.8. The Morgan fingerprint density at radius 2 is 1.97 bits per heavy atom. The van der Waals surface area contributed by atoms with Gasteiger partial charge in [0, 0.05) is 36.8 Å². The number of nitrogens with one attached hydrogen (secondary N) is 2. The molecule has 3 aromatic rings. The van der Waals surface area contributed by atoms with Gasteiger partial charge in [-0.3, -0.25) is 4.68 Å². The summed E-state index contributed by atoms with van der Waals surface area (Å²) in [6.07, 6.45) is 5.70. The molecule has 6 nitrogen and oxygen atoms in total. The summed E-state index contributed by atoms with van der Waals surface area (Å²) < 4.78 is 1.94. The highest BCUT2D eigenvalue weighted by Gasteiger charge is 2.07. The topological polar surface area (TPSA) is 67.1 Å². The molecule has 0 atom stereocenters. The standard InChI is InChI=1S/C22H30N6S/c1-4-20-17(3)29-21(27-20)11-13-24-22(23-5-2)25-15-18-9-6-7-10-19(18)16-28-14-8-12-26-28/h6-10,12,14H,4-5,11,13,15-16H2,1-3H3,(H2,23,24,25). The summed E-state index contributed by atoms with van der Waals surface area (Å²) in [5.41, 5.74) is 3.67. The Balaban J connectivity index is 1.60. The van der Waals surface area contributed by atoms with E-state index in [1.54, 1.807) is 17.5 Å². The number of guanidine groups is 1. The molecule has 3 rings (SSSR count). The zero-order valence-corrected chi connectivity index (χ0v) is 18.3. The molecule has 2 heterocycles. The Bertz CT molecular complexity index is 913. The number of hydrogen-bond donors (Lipinski definition) is 2. The number of aryl methyl sites for hydroxylation is 2. The van der Waals surface area contributed by atoms with E-state index < -0.39 is 0 Å². The van der Waals surface area contributed by atoms with Gasteiger partial charge in [0.05, 0.1) is 23.8 Å². The summed E-state index contributed by atoms with van der Waals surface area (Å²) in [7, 11) is 0. The van der Waals surface area contributed by atoms with Crippen molar-refractivity contribution in [1.29, 1.82) is 0 Å². The van der Waals surface area contributed by atoms with Crippen molar-refractivity contribution in [2.24, 2.45) is 4.99 Å². The van der Waals surface area contributed by atoms with Gasteiger partial charge in [0.1, 0.15) is 0 Å². The lowest BCUT2D eigenvalue weighted by Crippen LogP contribution is -2.38. The number of thiazole rings is 1. The molecule has 0 fully saturated rings. The van der Waals surface area contributed by atoms with Gasteiger partial charge in [0.15, 0.2) is 5.96 Å². The van der Waals surface area contributed by atoms with Crippen LogP contribution in [0, 0.1) is 6.92 Å². The number of nitrogens with zero attached hydrogens (tertiary/aromatic N) is 4. The molecule has 154 valence electrons. The fourth-order valence-electron chi connectivity index (χ4n) is 3.15. The highest BCUT2D eigenvalue weighted by molar-refractivity contribution is 7.11. The van der Waals surface area contributed by atoms with Gasteiger partial charge in [0.25, 0.3) is 0 Å². The van der Waals surface area contributed by atoms with Crippen LogP contribution in [0.2, 0.25) is 0 Å². The molecule has 0 amide bonds. The average molecular weight is 411 g/mol. The van der Waals surface area contributed by atoms with Gasteiger partial charge >= 0.3 is 0 Å². The maximum Gasteiger partial charge on any atom is 0.191 e. The second-order valence-electron chi connectivity index (χ2n) is 6.81. The third kappa shape index (κ3) is 6.15. The summed E-state index contributed by atoms with van der Waals surface area (Å²) in [4.78, 5) is 10.8. The fraction of sp³-hybridized carbons (Fsp3) is 0.409. The molecule has 7 heteroatoms. The second-order valence-corrected chi connectivity index (χ2v) is 8.10. The Morgan fingerprint density at radius 3 is 2.66 bits per heavy atom. The van der Waals surface area contributed by atoms with Crippen molar-refractivity contribution in [2.45, 2.75) is 46.7 Å². The average Bonchev–Trinajstić information content (AvgIpc) is 3.36. The van der Waals surface area contributed by atoms with Crippen molar-refractivity contribution >= 4 is 17.3 Å². The van der Waals surface area contributed by atoms with E-state index >= 15 is 0 Å². The molecule has 0 bridgehead atoms. The van der Waals surface area contributed by atoms with Crippen molar-refractivity contribution in [3.8, 4) is 0 Å². The van der Waals surface area contributed by atoms with E-state index in [4.69, 9.17) is 9.98 Å². The number of hydrogen-bond acceptors (Lipinski definition) is 4. The van der Waals surface area contributed by atoms with Gasteiger partial charge in [-0.15, -0.1) is 11.3 Å². The Kier molecular flexibility index (Phi) is 7.81. The largest absolute Gasteiger partial charge is 0.357 e. The summed E-state index contributed by atoms with van der Waals surface area (Å²) in [6.45, 7) is 9.42. The summed E-state index contributed by atoms with van der Waals surface area (Å²) >= 11 is 1.80. The van der Waals surface area contributed by atoms with Gasteiger partial charge in [-0.1, -0.05) is 31.2 Å². The van der Waals surface area contributed by atoms with Crippen LogP contribution in [0.3, 0.4) is 0 Å². The van der Waals surface area contributed by atoms with Crippen LogP contribution in [0.15, 0.2) is 47.7 Å². The lowest BCUT2D eigenvalue weighted by atomic mass is 10.1. The molecule has 0 unspecified atom stereocenters. The molecule has 2 aromatic heterocycles. The maximum atomic E-state index is 4.79.